The molecule has 0 N–H and O–H groups in total. The molecule has 0 bridgehead atoms. The van der Waals surface area contributed by atoms with E-state index in [0.717, 1.165) is 27.8 Å². The van der Waals surface area contributed by atoms with Gasteiger partial charge in [0.1, 0.15) is 11.2 Å². The molecule has 0 radical (unpaired) electrons. The summed E-state index contributed by atoms with van der Waals surface area (Å²) in [7, 11) is 0. The Labute approximate surface area is 223 Å². The molecule has 0 amide bonds. The molecule has 2 aromatic carbocycles. The van der Waals surface area contributed by atoms with E-state index in [4.69, 9.17) is 0 Å². The highest BCUT2D eigenvalue weighted by Crippen LogP contribution is 2.49. The summed E-state index contributed by atoms with van der Waals surface area (Å²) in [6.45, 7) is 13.8. The van der Waals surface area contributed by atoms with E-state index in [2.05, 4.69) is 98.7 Å². The smallest absolute Gasteiger partial charge is 0.269 e. The summed E-state index contributed by atoms with van der Waals surface area (Å²) in [5.74, 6) is 0.644. The molecule has 1 aliphatic carbocycles. The van der Waals surface area contributed by atoms with Crippen LogP contribution in [0.2, 0.25) is 0 Å². The molecule has 1 saturated carbocycles. The Hall–Kier alpha value is -2.92. The highest BCUT2D eigenvalue weighted by atomic mass is 32.1. The number of fused-ring (bicyclic) bond motifs is 4. The van der Waals surface area contributed by atoms with Crippen molar-refractivity contribution in [1.29, 1.82) is 0 Å². The molecule has 192 valence electrons. The third-order valence-electron chi connectivity index (χ3n) is 8.91. The summed E-state index contributed by atoms with van der Waals surface area (Å²) in [5, 5.41) is 0. The first-order chi connectivity index (χ1) is 17.9. The zero-order chi connectivity index (χ0) is 25.9. The number of likely N-dealkylation sites (N-methyl/N-ethyl adjacent to an activating group) is 1. The number of hydrogen-bond donors (Lipinski definition) is 0. The SMILES string of the molecule is CCN1c2ccc(/C=c3/sc(=CC4=[N+](CC)c5ccccc5C4(C)C)n(CC)c3=O)cc2C2CCCC21. The van der Waals surface area contributed by atoms with Gasteiger partial charge in [0.2, 0.25) is 5.69 Å². The lowest BCUT2D eigenvalue weighted by Crippen LogP contribution is -2.33. The van der Waals surface area contributed by atoms with Crippen molar-refractivity contribution in [2.45, 2.75) is 77.8 Å². The van der Waals surface area contributed by atoms with E-state index >= 15 is 0 Å². The van der Waals surface area contributed by atoms with Crippen LogP contribution >= 0.6 is 11.3 Å². The van der Waals surface area contributed by atoms with E-state index in [1.807, 2.05) is 4.57 Å². The first-order valence-electron chi connectivity index (χ1n) is 14.0. The number of aromatic nitrogens is 1. The lowest BCUT2D eigenvalue weighted by Gasteiger charge is -2.25. The monoisotopic (exact) mass is 512 g/mol. The minimum atomic E-state index is -0.113. The maximum atomic E-state index is 13.5. The molecule has 6 rings (SSSR count). The number of hydrogen-bond acceptors (Lipinski definition) is 3. The first-order valence-corrected chi connectivity index (χ1v) is 14.8. The van der Waals surface area contributed by atoms with Crippen LogP contribution in [0.25, 0.3) is 12.2 Å². The Morgan fingerprint density at radius 2 is 1.86 bits per heavy atom. The minimum Gasteiger partial charge on any atom is -0.368 e. The molecule has 4 nitrogen and oxygen atoms in total. The zero-order valence-electron chi connectivity index (χ0n) is 22.8. The number of benzene rings is 2. The van der Waals surface area contributed by atoms with Crippen molar-refractivity contribution in [2.75, 3.05) is 18.0 Å². The van der Waals surface area contributed by atoms with Crippen molar-refractivity contribution < 1.29 is 4.58 Å². The average Bonchev–Trinajstić information content (AvgIpc) is 3.61. The van der Waals surface area contributed by atoms with E-state index in [0.29, 0.717) is 18.5 Å². The average molecular weight is 513 g/mol. The highest BCUT2D eigenvalue weighted by molar-refractivity contribution is 7.07. The van der Waals surface area contributed by atoms with Crippen molar-refractivity contribution in [3.8, 4) is 0 Å². The number of thiazole rings is 1. The van der Waals surface area contributed by atoms with E-state index in [1.165, 1.54) is 47.5 Å². The summed E-state index contributed by atoms with van der Waals surface area (Å²) in [4.78, 5) is 16.1. The minimum absolute atomic E-state index is 0.113. The van der Waals surface area contributed by atoms with Crippen LogP contribution in [0.1, 0.15) is 76.5 Å². The van der Waals surface area contributed by atoms with Crippen LogP contribution < -0.4 is 19.7 Å². The molecule has 3 aromatic rings. The Balaban J connectivity index is 1.47. The van der Waals surface area contributed by atoms with Crippen LogP contribution in [0.5, 0.6) is 0 Å². The molecule has 1 aromatic heterocycles. The van der Waals surface area contributed by atoms with Gasteiger partial charge in [-0.2, -0.15) is 4.58 Å². The van der Waals surface area contributed by atoms with E-state index in [9.17, 15) is 4.79 Å². The standard InChI is InChI=1S/C32H38N3OS/c1-6-33-25-15-11-12-22(25)23-18-21(16-17-26(23)33)19-28-31(36)35(8-3)30(37-28)20-29-32(4,5)24-13-9-10-14-27(24)34(29)7-2/h9-10,13-14,16-20,22,25H,6-8,11-12,15H2,1-5H3/q+1/b28-19+. The second kappa shape index (κ2) is 9.13. The molecule has 5 heteroatoms. The van der Waals surface area contributed by atoms with Gasteiger partial charge >= 0.3 is 0 Å². The summed E-state index contributed by atoms with van der Waals surface area (Å²) in [5.41, 5.74) is 7.92. The summed E-state index contributed by atoms with van der Waals surface area (Å²) >= 11 is 1.62. The molecular formula is C32H38N3OS+. The van der Waals surface area contributed by atoms with Gasteiger partial charge in [0.25, 0.3) is 5.56 Å². The third kappa shape index (κ3) is 3.69. The number of rotatable bonds is 5. The lowest BCUT2D eigenvalue weighted by atomic mass is 9.81. The topological polar surface area (TPSA) is 28.2 Å². The number of anilines is 1. The van der Waals surface area contributed by atoms with Crippen LogP contribution in [0.15, 0.2) is 47.3 Å². The van der Waals surface area contributed by atoms with Gasteiger partial charge in [0.15, 0.2) is 5.71 Å². The van der Waals surface area contributed by atoms with Gasteiger partial charge in [0.05, 0.1) is 9.95 Å². The Bertz CT molecular complexity index is 1590. The maximum Gasteiger partial charge on any atom is 0.269 e. The summed E-state index contributed by atoms with van der Waals surface area (Å²) in [6, 6.07) is 16.2. The normalized spacial score (nSPS) is 22.7. The fourth-order valence-electron chi connectivity index (χ4n) is 7.13. The first kappa shape index (κ1) is 24.4. The van der Waals surface area contributed by atoms with Crippen LogP contribution in [-0.2, 0) is 12.0 Å². The Morgan fingerprint density at radius 3 is 2.62 bits per heavy atom. The van der Waals surface area contributed by atoms with Crippen LogP contribution in [0.3, 0.4) is 0 Å². The van der Waals surface area contributed by atoms with Gasteiger partial charge in [-0.05, 0) is 76.8 Å². The quantitative estimate of drug-likeness (QED) is 0.445. The number of nitrogens with zero attached hydrogens (tertiary/aromatic N) is 3. The van der Waals surface area contributed by atoms with Crippen LogP contribution in [0.4, 0.5) is 11.4 Å². The van der Waals surface area contributed by atoms with Crippen molar-refractivity contribution >= 4 is 40.6 Å². The molecule has 2 atom stereocenters. The van der Waals surface area contributed by atoms with Gasteiger partial charge in [-0.25, -0.2) is 0 Å². The molecule has 0 saturated heterocycles. The van der Waals surface area contributed by atoms with E-state index in [-0.39, 0.29) is 11.0 Å². The predicted octanol–water partition coefficient (Wildman–Crippen LogP) is 5.11. The molecular weight excluding hydrogens is 474 g/mol. The lowest BCUT2D eigenvalue weighted by molar-refractivity contribution is -0.432. The third-order valence-corrected chi connectivity index (χ3v) is 9.97. The second-order valence-corrected chi connectivity index (χ2v) is 12.2. The Kier molecular flexibility index (Phi) is 6.02. The van der Waals surface area contributed by atoms with Crippen molar-refractivity contribution in [3.05, 3.63) is 78.7 Å². The highest BCUT2D eigenvalue weighted by Gasteiger charge is 2.44. The summed E-state index contributed by atoms with van der Waals surface area (Å²) in [6.07, 6.45) is 8.28. The fourth-order valence-corrected chi connectivity index (χ4v) is 8.24. The second-order valence-electron chi connectivity index (χ2n) is 11.1. The van der Waals surface area contributed by atoms with Crippen molar-refractivity contribution in [3.63, 3.8) is 0 Å². The van der Waals surface area contributed by atoms with Gasteiger partial charge in [0, 0.05) is 48.4 Å². The van der Waals surface area contributed by atoms with Gasteiger partial charge in [-0.3, -0.25) is 9.36 Å². The largest absolute Gasteiger partial charge is 0.368 e. The van der Waals surface area contributed by atoms with Gasteiger partial charge in [-0.1, -0.05) is 30.7 Å². The van der Waals surface area contributed by atoms with Crippen molar-refractivity contribution in [2.24, 2.45) is 0 Å². The van der Waals surface area contributed by atoms with Gasteiger partial charge in [-0.15, -0.1) is 11.3 Å². The molecule has 0 spiro atoms. The fraction of sp³-hybridized carbons (Fsp3) is 0.438. The molecule has 3 aliphatic rings. The predicted molar refractivity (Wildman–Crippen MR) is 156 cm³/mol. The Morgan fingerprint density at radius 1 is 1.05 bits per heavy atom. The van der Waals surface area contributed by atoms with Crippen molar-refractivity contribution in [1.82, 2.24) is 4.57 Å². The molecule has 2 unspecified atom stereocenters. The molecule has 1 fully saturated rings. The molecule has 3 heterocycles. The van der Waals surface area contributed by atoms with Crippen LogP contribution in [-0.4, -0.2) is 34.0 Å². The van der Waals surface area contributed by atoms with E-state index < -0.39 is 0 Å². The summed E-state index contributed by atoms with van der Waals surface area (Å²) < 4.78 is 6.19. The number of para-hydroxylation sites is 1. The molecule has 2 aliphatic heterocycles. The maximum absolute atomic E-state index is 13.5. The van der Waals surface area contributed by atoms with Crippen LogP contribution in [0, 0.1) is 0 Å². The van der Waals surface area contributed by atoms with Gasteiger partial charge < -0.3 is 4.90 Å². The molecule has 37 heavy (non-hydrogen) atoms. The zero-order valence-corrected chi connectivity index (χ0v) is 23.6. The van der Waals surface area contributed by atoms with E-state index in [1.54, 1.807) is 11.3 Å².